The maximum Gasteiger partial charge on any atom is 0.155 e. The topological polar surface area (TPSA) is 53.2 Å². The van der Waals surface area contributed by atoms with E-state index in [0.29, 0.717) is 36.0 Å². The van der Waals surface area contributed by atoms with Gasteiger partial charge in [0, 0.05) is 12.1 Å². The molecule has 0 radical (unpaired) electrons. The molecule has 3 aliphatic carbocycles. The molecule has 4 aliphatic rings. The molecule has 0 amide bonds. The predicted octanol–water partition coefficient (Wildman–Crippen LogP) is 4.87. The fourth-order valence-corrected chi connectivity index (χ4v) is 6.47. The van der Waals surface area contributed by atoms with Crippen molar-refractivity contribution < 1.29 is 4.79 Å². The Morgan fingerprint density at radius 3 is 2.72 bits per heavy atom. The standard InChI is InChI=1S/C22H30N2O/c1-14-4-5-15-12-16(25)6-7-17(15)18-8-11-22(3)19(20(18)24-14)9-10-21(22,2)13-23/h12,17-20H,4-11H2,1-3H3. The molecular weight excluding hydrogens is 308 g/mol. The lowest BCUT2D eigenvalue weighted by atomic mass is 9.53. The van der Waals surface area contributed by atoms with Gasteiger partial charge >= 0.3 is 0 Å². The van der Waals surface area contributed by atoms with Crippen molar-refractivity contribution in [3.63, 3.8) is 0 Å². The van der Waals surface area contributed by atoms with Gasteiger partial charge in [-0.25, -0.2) is 0 Å². The summed E-state index contributed by atoms with van der Waals surface area (Å²) in [4.78, 5) is 17.2. The Morgan fingerprint density at radius 1 is 1.16 bits per heavy atom. The quantitative estimate of drug-likeness (QED) is 0.632. The third-order valence-corrected chi connectivity index (χ3v) is 8.32. The van der Waals surface area contributed by atoms with Crippen molar-refractivity contribution in [2.45, 2.75) is 78.2 Å². The van der Waals surface area contributed by atoms with Crippen molar-refractivity contribution in [2.24, 2.45) is 33.6 Å². The first-order valence-corrected chi connectivity index (χ1v) is 10.1. The molecule has 1 aliphatic heterocycles. The molecule has 25 heavy (non-hydrogen) atoms. The zero-order chi connectivity index (χ0) is 17.8. The van der Waals surface area contributed by atoms with Gasteiger partial charge in [-0.2, -0.15) is 5.26 Å². The highest BCUT2D eigenvalue weighted by Gasteiger charge is 2.61. The van der Waals surface area contributed by atoms with Gasteiger partial charge in [0.1, 0.15) is 0 Å². The summed E-state index contributed by atoms with van der Waals surface area (Å²) in [5, 5.41) is 9.86. The van der Waals surface area contributed by atoms with Gasteiger partial charge in [0.2, 0.25) is 0 Å². The number of carbonyl (C=O) groups excluding carboxylic acids is 1. The molecule has 4 rings (SSSR count). The van der Waals surface area contributed by atoms with Crippen LogP contribution in [0.4, 0.5) is 0 Å². The summed E-state index contributed by atoms with van der Waals surface area (Å²) in [6.45, 7) is 6.69. The minimum Gasteiger partial charge on any atom is -0.295 e. The largest absolute Gasteiger partial charge is 0.295 e. The lowest BCUT2D eigenvalue weighted by Gasteiger charge is -2.52. The van der Waals surface area contributed by atoms with Gasteiger partial charge in [0.15, 0.2) is 5.78 Å². The summed E-state index contributed by atoms with van der Waals surface area (Å²) < 4.78 is 0. The van der Waals surface area contributed by atoms with Crippen LogP contribution >= 0.6 is 0 Å². The Morgan fingerprint density at radius 2 is 1.96 bits per heavy atom. The summed E-state index contributed by atoms with van der Waals surface area (Å²) in [6.07, 6.45) is 10.1. The van der Waals surface area contributed by atoms with Crippen molar-refractivity contribution >= 4 is 11.5 Å². The molecule has 6 atom stereocenters. The molecule has 0 spiro atoms. The van der Waals surface area contributed by atoms with Gasteiger partial charge in [0.25, 0.3) is 0 Å². The van der Waals surface area contributed by atoms with Gasteiger partial charge in [0.05, 0.1) is 17.5 Å². The van der Waals surface area contributed by atoms with E-state index in [1.54, 1.807) is 0 Å². The smallest absolute Gasteiger partial charge is 0.155 e. The van der Waals surface area contributed by atoms with Crippen molar-refractivity contribution in [1.29, 1.82) is 5.26 Å². The van der Waals surface area contributed by atoms with Crippen LogP contribution in [0, 0.1) is 39.9 Å². The second kappa shape index (κ2) is 5.79. The molecule has 0 aromatic rings. The first-order chi connectivity index (χ1) is 11.9. The van der Waals surface area contributed by atoms with E-state index in [4.69, 9.17) is 4.99 Å². The second-order valence-corrected chi connectivity index (χ2v) is 9.39. The fourth-order valence-electron chi connectivity index (χ4n) is 6.47. The van der Waals surface area contributed by atoms with Crippen molar-refractivity contribution in [1.82, 2.24) is 0 Å². The molecule has 0 bridgehead atoms. The molecule has 3 heteroatoms. The summed E-state index contributed by atoms with van der Waals surface area (Å²) >= 11 is 0. The minimum atomic E-state index is -0.213. The SMILES string of the molecule is CC1=NC2C(CCC3(C)C2CCC3(C)C#N)C2CCC(=O)C=C2CC1. The molecule has 2 saturated carbocycles. The fraction of sp³-hybridized carbons (Fsp3) is 0.773. The Hall–Kier alpha value is -1.43. The van der Waals surface area contributed by atoms with Crippen LogP contribution in [0.5, 0.6) is 0 Å². The van der Waals surface area contributed by atoms with Crippen LogP contribution in [-0.4, -0.2) is 17.5 Å². The molecular formula is C22H30N2O. The van der Waals surface area contributed by atoms with Crippen molar-refractivity contribution in [2.75, 3.05) is 0 Å². The first kappa shape index (κ1) is 17.0. The summed E-state index contributed by atoms with van der Waals surface area (Å²) in [6, 6.07) is 3.02. The molecule has 2 fully saturated rings. The van der Waals surface area contributed by atoms with Crippen LogP contribution in [0.2, 0.25) is 0 Å². The second-order valence-electron chi connectivity index (χ2n) is 9.39. The maximum absolute atomic E-state index is 12.0. The predicted molar refractivity (Wildman–Crippen MR) is 99.2 cm³/mol. The molecule has 0 N–H and O–H groups in total. The summed E-state index contributed by atoms with van der Waals surface area (Å²) in [7, 11) is 0. The number of carbonyl (C=O) groups is 1. The average molecular weight is 338 g/mol. The number of hydrogen-bond donors (Lipinski definition) is 0. The van der Waals surface area contributed by atoms with Gasteiger partial charge < -0.3 is 0 Å². The maximum atomic E-state index is 12.0. The van der Waals surface area contributed by atoms with Crippen molar-refractivity contribution in [3.8, 4) is 6.07 Å². The molecule has 3 nitrogen and oxygen atoms in total. The van der Waals surface area contributed by atoms with Crippen LogP contribution in [0.15, 0.2) is 16.6 Å². The third kappa shape index (κ3) is 2.44. The zero-order valence-electron chi connectivity index (χ0n) is 15.8. The zero-order valence-corrected chi connectivity index (χ0v) is 15.8. The van der Waals surface area contributed by atoms with Gasteiger partial charge in [-0.15, -0.1) is 0 Å². The van der Waals surface area contributed by atoms with E-state index in [2.05, 4.69) is 26.8 Å². The molecule has 6 unspecified atom stereocenters. The molecule has 0 aromatic heterocycles. The number of ketones is 1. The molecule has 0 saturated heterocycles. The highest BCUT2D eigenvalue weighted by atomic mass is 16.1. The van der Waals surface area contributed by atoms with Crippen LogP contribution in [0.1, 0.15) is 72.1 Å². The van der Waals surface area contributed by atoms with E-state index in [-0.39, 0.29) is 10.8 Å². The summed E-state index contributed by atoms with van der Waals surface area (Å²) in [5.41, 5.74) is 2.50. The average Bonchev–Trinajstić information content (AvgIpc) is 2.85. The van der Waals surface area contributed by atoms with E-state index in [9.17, 15) is 10.1 Å². The van der Waals surface area contributed by atoms with E-state index in [1.165, 1.54) is 11.3 Å². The highest BCUT2D eigenvalue weighted by Crippen LogP contribution is 2.64. The van der Waals surface area contributed by atoms with E-state index >= 15 is 0 Å². The van der Waals surface area contributed by atoms with Crippen LogP contribution in [0.3, 0.4) is 0 Å². The molecule has 0 aromatic carbocycles. The Balaban J connectivity index is 1.75. The third-order valence-electron chi connectivity index (χ3n) is 8.32. The Labute approximate surface area is 151 Å². The van der Waals surface area contributed by atoms with E-state index in [1.807, 2.05) is 6.08 Å². The van der Waals surface area contributed by atoms with Crippen LogP contribution in [0.25, 0.3) is 0 Å². The first-order valence-electron chi connectivity index (χ1n) is 10.1. The van der Waals surface area contributed by atoms with Crippen molar-refractivity contribution in [3.05, 3.63) is 11.6 Å². The number of fused-ring (bicyclic) bond motifs is 5. The Kier molecular flexibility index (Phi) is 3.94. The normalized spacial score (nSPS) is 46.6. The lowest BCUT2D eigenvalue weighted by Crippen LogP contribution is -2.49. The monoisotopic (exact) mass is 338 g/mol. The van der Waals surface area contributed by atoms with Gasteiger partial charge in [-0.05, 0) is 88.0 Å². The van der Waals surface area contributed by atoms with Gasteiger partial charge in [-0.3, -0.25) is 9.79 Å². The number of nitrogens with zero attached hydrogens (tertiary/aromatic N) is 2. The highest BCUT2D eigenvalue weighted by molar-refractivity contribution is 5.91. The number of allylic oxidation sites excluding steroid dienone is 2. The number of nitriles is 1. The molecule has 1 heterocycles. The van der Waals surface area contributed by atoms with Crippen LogP contribution < -0.4 is 0 Å². The van der Waals surface area contributed by atoms with Crippen LogP contribution in [-0.2, 0) is 4.79 Å². The number of rotatable bonds is 0. The lowest BCUT2D eigenvalue weighted by molar-refractivity contribution is -0.115. The van der Waals surface area contributed by atoms with Gasteiger partial charge in [-0.1, -0.05) is 12.5 Å². The number of hydrogen-bond acceptors (Lipinski definition) is 3. The minimum absolute atomic E-state index is 0.0836. The molecule has 134 valence electrons. The Bertz CT molecular complexity index is 699. The summed E-state index contributed by atoms with van der Waals surface area (Å²) in [5.74, 6) is 1.94. The van der Waals surface area contributed by atoms with E-state index < -0.39 is 0 Å². The number of aliphatic imine (C=N–C) groups is 1. The van der Waals surface area contributed by atoms with E-state index in [0.717, 1.165) is 44.9 Å².